The maximum atomic E-state index is 12.2. The molecule has 2 rings (SSSR count). The van der Waals surface area contributed by atoms with Crippen LogP contribution in [0.25, 0.3) is 0 Å². The van der Waals surface area contributed by atoms with Crippen molar-refractivity contribution in [2.75, 3.05) is 18.8 Å². The van der Waals surface area contributed by atoms with Gasteiger partial charge in [0.05, 0.1) is 12.2 Å². The third-order valence-corrected chi connectivity index (χ3v) is 6.00. The Morgan fingerprint density at radius 2 is 2.05 bits per heavy atom. The van der Waals surface area contributed by atoms with Gasteiger partial charge in [-0.2, -0.15) is 0 Å². The predicted octanol–water partition coefficient (Wildman–Crippen LogP) is 0.861. The fraction of sp³-hybridized carbons (Fsp3) is 0.667. The molecular formula is C12H18N2O4S2. The number of aromatic nitrogens is 1. The van der Waals surface area contributed by atoms with Gasteiger partial charge in [0.1, 0.15) is 5.75 Å². The molecule has 112 valence electrons. The number of carbonyl (C=O) groups excluding carboxylic acids is 1. The van der Waals surface area contributed by atoms with Crippen molar-refractivity contribution in [2.45, 2.75) is 37.3 Å². The van der Waals surface area contributed by atoms with Gasteiger partial charge in [-0.3, -0.25) is 4.79 Å². The summed E-state index contributed by atoms with van der Waals surface area (Å²) in [5.74, 6) is -0.917. The number of aryl methyl sites for hydroxylation is 1. The van der Waals surface area contributed by atoms with Gasteiger partial charge in [-0.1, -0.05) is 0 Å². The van der Waals surface area contributed by atoms with E-state index in [4.69, 9.17) is 4.74 Å². The van der Waals surface area contributed by atoms with Crippen LogP contribution in [0.1, 0.15) is 19.5 Å². The number of nitrogens with zero attached hydrogens (tertiary/aromatic N) is 2. The van der Waals surface area contributed by atoms with Crippen molar-refractivity contribution in [1.82, 2.24) is 9.88 Å². The van der Waals surface area contributed by atoms with Gasteiger partial charge in [0, 0.05) is 24.2 Å². The number of ether oxygens (including phenoxy) is 1. The molecule has 2 heterocycles. The molecule has 0 bridgehead atoms. The Labute approximate surface area is 122 Å². The van der Waals surface area contributed by atoms with Crippen LogP contribution in [0.5, 0.6) is 0 Å². The third kappa shape index (κ3) is 3.56. The highest BCUT2D eigenvalue weighted by Crippen LogP contribution is 2.18. The van der Waals surface area contributed by atoms with Gasteiger partial charge in [0.25, 0.3) is 0 Å². The zero-order valence-electron chi connectivity index (χ0n) is 11.7. The SMILES string of the molecule is Cc1csc(S(=O)(=O)CC(=O)N2C[C@H](C)O[C@@H](C)C2)n1. The second-order valence-electron chi connectivity index (χ2n) is 5.07. The summed E-state index contributed by atoms with van der Waals surface area (Å²) in [6, 6.07) is 0. The van der Waals surface area contributed by atoms with Gasteiger partial charge in [-0.05, 0) is 20.8 Å². The fourth-order valence-electron chi connectivity index (χ4n) is 2.17. The van der Waals surface area contributed by atoms with Crippen LogP contribution in [-0.2, 0) is 19.4 Å². The first-order valence-electron chi connectivity index (χ1n) is 6.36. The van der Waals surface area contributed by atoms with Crippen molar-refractivity contribution in [3.8, 4) is 0 Å². The zero-order chi connectivity index (χ0) is 14.9. The lowest BCUT2D eigenvalue weighted by molar-refractivity contribution is -0.140. The van der Waals surface area contributed by atoms with Gasteiger partial charge >= 0.3 is 0 Å². The molecule has 1 aliphatic heterocycles. The number of sulfone groups is 1. The van der Waals surface area contributed by atoms with Gasteiger partial charge < -0.3 is 9.64 Å². The number of rotatable bonds is 3. The van der Waals surface area contributed by atoms with E-state index in [0.717, 1.165) is 11.3 Å². The molecule has 8 heteroatoms. The maximum absolute atomic E-state index is 12.2. The number of morpholine rings is 1. The normalized spacial score (nSPS) is 23.9. The van der Waals surface area contributed by atoms with Crippen molar-refractivity contribution in [3.63, 3.8) is 0 Å². The Balaban J connectivity index is 2.07. The minimum absolute atomic E-state index is 0.0118. The summed E-state index contributed by atoms with van der Waals surface area (Å²) in [4.78, 5) is 17.7. The summed E-state index contributed by atoms with van der Waals surface area (Å²) in [6.07, 6.45) is -0.153. The molecule has 0 unspecified atom stereocenters. The minimum atomic E-state index is -3.65. The first kappa shape index (κ1) is 15.4. The summed E-state index contributed by atoms with van der Waals surface area (Å²) in [5.41, 5.74) is 0.648. The fourth-order valence-corrected chi connectivity index (χ4v) is 4.51. The Morgan fingerprint density at radius 1 is 1.45 bits per heavy atom. The summed E-state index contributed by atoms with van der Waals surface area (Å²) in [6.45, 7) is 6.32. The van der Waals surface area contributed by atoms with Crippen LogP contribution in [0, 0.1) is 6.92 Å². The molecule has 0 N–H and O–H groups in total. The number of hydrogen-bond donors (Lipinski definition) is 0. The van der Waals surface area contributed by atoms with Crippen LogP contribution in [-0.4, -0.2) is 55.3 Å². The van der Waals surface area contributed by atoms with Crippen molar-refractivity contribution < 1.29 is 17.9 Å². The molecule has 0 saturated carbocycles. The second-order valence-corrected chi connectivity index (χ2v) is 8.09. The molecule has 20 heavy (non-hydrogen) atoms. The molecule has 1 aromatic rings. The standard InChI is InChI=1S/C12H18N2O4S2/c1-8-6-19-12(13-8)20(16,17)7-11(15)14-4-9(2)18-10(3)5-14/h6,9-10H,4-5,7H2,1-3H3/t9-,10-/m0/s1. The number of amides is 1. The molecular weight excluding hydrogens is 300 g/mol. The molecule has 1 aliphatic rings. The van der Waals surface area contributed by atoms with E-state index in [2.05, 4.69) is 4.98 Å². The topological polar surface area (TPSA) is 76.6 Å². The molecule has 0 aliphatic carbocycles. The number of hydrogen-bond acceptors (Lipinski definition) is 6. The van der Waals surface area contributed by atoms with Gasteiger partial charge in [-0.15, -0.1) is 11.3 Å². The lowest BCUT2D eigenvalue weighted by Crippen LogP contribution is -2.49. The van der Waals surface area contributed by atoms with Crippen LogP contribution in [0.4, 0.5) is 0 Å². The second kappa shape index (κ2) is 5.79. The Hall–Kier alpha value is -0.990. The molecule has 2 atom stereocenters. The first-order chi connectivity index (χ1) is 9.28. The monoisotopic (exact) mass is 318 g/mol. The molecule has 1 fully saturated rings. The maximum Gasteiger partial charge on any atom is 0.238 e. The van der Waals surface area contributed by atoms with Gasteiger partial charge in [-0.25, -0.2) is 13.4 Å². The third-order valence-electron chi connectivity index (χ3n) is 2.95. The summed E-state index contributed by atoms with van der Waals surface area (Å²) in [7, 11) is -3.65. The van der Waals surface area contributed by atoms with E-state index in [-0.39, 0.29) is 22.5 Å². The highest BCUT2D eigenvalue weighted by atomic mass is 32.2. The Bertz CT molecular complexity index is 586. The van der Waals surface area contributed by atoms with Crippen molar-refractivity contribution in [2.24, 2.45) is 0 Å². The number of carbonyl (C=O) groups is 1. The van der Waals surface area contributed by atoms with E-state index < -0.39 is 15.6 Å². The lowest BCUT2D eigenvalue weighted by Gasteiger charge is -2.35. The van der Waals surface area contributed by atoms with Gasteiger partial charge in [0.2, 0.25) is 20.1 Å². The van der Waals surface area contributed by atoms with E-state index in [1.165, 1.54) is 0 Å². The Morgan fingerprint density at radius 3 is 2.55 bits per heavy atom. The molecule has 6 nitrogen and oxygen atoms in total. The highest BCUT2D eigenvalue weighted by Gasteiger charge is 2.30. The van der Waals surface area contributed by atoms with Gasteiger partial charge in [0.15, 0.2) is 0 Å². The predicted molar refractivity (Wildman–Crippen MR) is 75.5 cm³/mol. The first-order valence-corrected chi connectivity index (χ1v) is 8.89. The summed E-state index contributed by atoms with van der Waals surface area (Å²) >= 11 is 1.05. The molecule has 0 spiro atoms. The zero-order valence-corrected chi connectivity index (χ0v) is 13.3. The molecule has 1 saturated heterocycles. The van der Waals surface area contributed by atoms with Crippen LogP contribution < -0.4 is 0 Å². The van der Waals surface area contributed by atoms with Crippen LogP contribution in [0.3, 0.4) is 0 Å². The summed E-state index contributed by atoms with van der Waals surface area (Å²) in [5, 5.41) is 1.66. The van der Waals surface area contributed by atoms with Crippen molar-refractivity contribution in [3.05, 3.63) is 11.1 Å². The molecule has 0 radical (unpaired) electrons. The average Bonchev–Trinajstić information content (AvgIpc) is 2.75. The van der Waals surface area contributed by atoms with Crippen LogP contribution in [0.15, 0.2) is 9.72 Å². The van der Waals surface area contributed by atoms with E-state index in [1.54, 1.807) is 17.2 Å². The largest absolute Gasteiger partial charge is 0.372 e. The molecule has 1 aromatic heterocycles. The minimum Gasteiger partial charge on any atom is -0.372 e. The highest BCUT2D eigenvalue weighted by molar-refractivity contribution is 7.93. The van der Waals surface area contributed by atoms with E-state index in [0.29, 0.717) is 18.8 Å². The van der Waals surface area contributed by atoms with Crippen LogP contribution >= 0.6 is 11.3 Å². The van der Waals surface area contributed by atoms with Crippen molar-refractivity contribution in [1.29, 1.82) is 0 Å². The van der Waals surface area contributed by atoms with E-state index in [9.17, 15) is 13.2 Å². The van der Waals surface area contributed by atoms with Crippen molar-refractivity contribution >= 4 is 27.1 Å². The lowest BCUT2D eigenvalue weighted by atomic mass is 10.2. The quantitative estimate of drug-likeness (QED) is 0.826. The smallest absolute Gasteiger partial charge is 0.238 e. The number of thiazole rings is 1. The molecule has 0 aromatic carbocycles. The Kier molecular flexibility index (Phi) is 4.46. The van der Waals surface area contributed by atoms with Crippen LogP contribution in [0.2, 0.25) is 0 Å². The van der Waals surface area contributed by atoms with E-state index in [1.807, 2.05) is 13.8 Å². The summed E-state index contributed by atoms with van der Waals surface area (Å²) < 4.78 is 29.8. The molecule has 1 amide bonds. The van der Waals surface area contributed by atoms with E-state index >= 15 is 0 Å². The average molecular weight is 318 g/mol.